The maximum absolute atomic E-state index is 11.6. The largest absolute Gasteiger partial charge is 0.478 e. The van der Waals surface area contributed by atoms with Crippen molar-refractivity contribution < 1.29 is 19.4 Å². The lowest BCUT2D eigenvalue weighted by Gasteiger charge is -2.34. The fourth-order valence-electron chi connectivity index (χ4n) is 2.91. The predicted octanol–water partition coefficient (Wildman–Crippen LogP) is 3.56. The van der Waals surface area contributed by atoms with E-state index < -0.39 is 11.9 Å². The molecule has 0 aliphatic heterocycles. The molecule has 0 aromatic rings. The van der Waals surface area contributed by atoms with Gasteiger partial charge in [-0.1, -0.05) is 33.1 Å². The highest BCUT2D eigenvalue weighted by Crippen LogP contribution is 2.34. The van der Waals surface area contributed by atoms with Crippen LogP contribution in [-0.4, -0.2) is 23.1 Å². The number of hydrogen-bond donors (Lipinski definition) is 1. The van der Waals surface area contributed by atoms with E-state index in [0.717, 1.165) is 37.8 Å². The molecule has 1 rings (SSSR count). The number of unbranched alkanes of at least 4 members (excludes halogenated alkanes) is 2. The second kappa shape index (κ2) is 8.77. The average Bonchev–Trinajstić information content (AvgIpc) is 2.39. The van der Waals surface area contributed by atoms with Crippen molar-refractivity contribution in [3.05, 3.63) is 12.2 Å². The van der Waals surface area contributed by atoms with E-state index in [9.17, 15) is 9.59 Å². The minimum Gasteiger partial charge on any atom is -0.478 e. The highest BCUT2D eigenvalue weighted by Gasteiger charge is 2.30. The number of carboxylic acid groups (broad SMARTS) is 1. The molecule has 4 heteroatoms. The molecule has 3 atom stereocenters. The minimum atomic E-state index is -1.13. The molecule has 0 radical (unpaired) electrons. The molecule has 1 saturated carbocycles. The van der Waals surface area contributed by atoms with E-state index in [1.165, 1.54) is 19.3 Å². The molecule has 0 amide bonds. The molecule has 114 valence electrons. The van der Waals surface area contributed by atoms with Crippen molar-refractivity contribution in [1.82, 2.24) is 0 Å². The maximum Gasteiger partial charge on any atom is 0.331 e. The van der Waals surface area contributed by atoms with Crippen LogP contribution in [0.15, 0.2) is 12.2 Å². The molecule has 4 nitrogen and oxygen atoms in total. The molecule has 1 fully saturated rings. The summed E-state index contributed by atoms with van der Waals surface area (Å²) in [5.41, 5.74) is 0. The standard InChI is InChI=1S/C16H26O4/c1-3-4-5-6-13-11-12(2)7-8-14(13)20-16(19)10-9-15(17)18/h9-10,12-14H,3-8,11H2,1-2H3,(H,17,18)/b10-9+. The second-order valence-corrected chi connectivity index (χ2v) is 5.82. The number of carbonyl (C=O) groups excluding carboxylic acids is 1. The lowest BCUT2D eigenvalue weighted by Crippen LogP contribution is -2.32. The summed E-state index contributed by atoms with van der Waals surface area (Å²) in [6.07, 6.45) is 9.53. The van der Waals surface area contributed by atoms with E-state index in [1.807, 2.05) is 0 Å². The molecular weight excluding hydrogens is 256 g/mol. The lowest BCUT2D eigenvalue weighted by molar-refractivity contribution is -0.148. The van der Waals surface area contributed by atoms with Gasteiger partial charge in [0.15, 0.2) is 0 Å². The van der Waals surface area contributed by atoms with Crippen LogP contribution >= 0.6 is 0 Å². The van der Waals surface area contributed by atoms with Crippen molar-refractivity contribution in [2.75, 3.05) is 0 Å². The van der Waals surface area contributed by atoms with Crippen molar-refractivity contribution in [3.8, 4) is 0 Å². The number of rotatable bonds is 7. The normalized spacial score (nSPS) is 26.6. The van der Waals surface area contributed by atoms with Crippen LogP contribution in [0.1, 0.15) is 58.8 Å². The van der Waals surface area contributed by atoms with Crippen LogP contribution in [0.25, 0.3) is 0 Å². The zero-order valence-electron chi connectivity index (χ0n) is 12.5. The Morgan fingerprint density at radius 2 is 2.00 bits per heavy atom. The van der Waals surface area contributed by atoms with Crippen LogP contribution < -0.4 is 0 Å². The van der Waals surface area contributed by atoms with Gasteiger partial charge in [0.25, 0.3) is 0 Å². The Hall–Kier alpha value is -1.32. The molecule has 0 aromatic carbocycles. The number of aliphatic carboxylic acids is 1. The third-order valence-corrected chi connectivity index (χ3v) is 3.98. The van der Waals surface area contributed by atoms with Gasteiger partial charge in [0.1, 0.15) is 6.10 Å². The van der Waals surface area contributed by atoms with E-state index in [-0.39, 0.29) is 6.10 Å². The molecule has 1 aliphatic rings. The average molecular weight is 282 g/mol. The quantitative estimate of drug-likeness (QED) is 0.440. The van der Waals surface area contributed by atoms with Gasteiger partial charge in [0, 0.05) is 12.2 Å². The molecule has 0 bridgehead atoms. The van der Waals surface area contributed by atoms with Gasteiger partial charge in [-0.3, -0.25) is 0 Å². The molecule has 0 spiro atoms. The summed E-state index contributed by atoms with van der Waals surface area (Å²) in [5, 5.41) is 8.50. The molecule has 1 N–H and O–H groups in total. The first-order valence-electron chi connectivity index (χ1n) is 7.64. The monoisotopic (exact) mass is 282 g/mol. The van der Waals surface area contributed by atoms with E-state index in [1.54, 1.807) is 0 Å². The molecule has 0 heterocycles. The van der Waals surface area contributed by atoms with Crippen molar-refractivity contribution >= 4 is 11.9 Å². The Balaban J connectivity index is 2.50. The van der Waals surface area contributed by atoms with Gasteiger partial charge in [0.05, 0.1) is 0 Å². The smallest absolute Gasteiger partial charge is 0.331 e. The first-order valence-corrected chi connectivity index (χ1v) is 7.64. The van der Waals surface area contributed by atoms with Gasteiger partial charge in [-0.05, 0) is 37.5 Å². The highest BCUT2D eigenvalue weighted by atomic mass is 16.5. The summed E-state index contributed by atoms with van der Waals surface area (Å²) in [6.45, 7) is 4.42. The van der Waals surface area contributed by atoms with Gasteiger partial charge in [-0.15, -0.1) is 0 Å². The molecular formula is C16H26O4. The van der Waals surface area contributed by atoms with Gasteiger partial charge in [-0.25, -0.2) is 9.59 Å². The topological polar surface area (TPSA) is 63.6 Å². The summed E-state index contributed by atoms with van der Waals surface area (Å²) in [5.74, 6) is -0.551. The fraction of sp³-hybridized carbons (Fsp3) is 0.750. The minimum absolute atomic E-state index is 0.0472. The van der Waals surface area contributed by atoms with Crippen LogP contribution in [-0.2, 0) is 14.3 Å². The van der Waals surface area contributed by atoms with E-state index in [0.29, 0.717) is 11.8 Å². The molecule has 0 saturated heterocycles. The zero-order valence-corrected chi connectivity index (χ0v) is 12.5. The van der Waals surface area contributed by atoms with Crippen molar-refractivity contribution in [1.29, 1.82) is 0 Å². The number of esters is 1. The van der Waals surface area contributed by atoms with Crippen molar-refractivity contribution in [3.63, 3.8) is 0 Å². The van der Waals surface area contributed by atoms with Crippen LogP contribution in [0.4, 0.5) is 0 Å². The summed E-state index contributed by atoms with van der Waals surface area (Å²) in [7, 11) is 0. The number of hydrogen-bond acceptors (Lipinski definition) is 3. The third kappa shape index (κ3) is 6.22. The Morgan fingerprint density at radius 3 is 2.65 bits per heavy atom. The van der Waals surface area contributed by atoms with Gasteiger partial charge >= 0.3 is 11.9 Å². The highest BCUT2D eigenvalue weighted by molar-refractivity contribution is 5.90. The van der Waals surface area contributed by atoms with Crippen LogP contribution in [0.3, 0.4) is 0 Å². The summed E-state index contributed by atoms with van der Waals surface area (Å²) >= 11 is 0. The molecule has 0 aromatic heterocycles. The molecule has 20 heavy (non-hydrogen) atoms. The number of carbonyl (C=O) groups is 2. The first kappa shape index (κ1) is 16.7. The number of carboxylic acids is 1. The SMILES string of the molecule is CCCCCC1CC(C)CCC1OC(=O)/C=C/C(=O)O. The van der Waals surface area contributed by atoms with Crippen LogP contribution in [0, 0.1) is 11.8 Å². The Labute approximate surface area is 121 Å². The van der Waals surface area contributed by atoms with E-state index in [4.69, 9.17) is 9.84 Å². The van der Waals surface area contributed by atoms with Crippen molar-refractivity contribution in [2.24, 2.45) is 11.8 Å². The molecule has 1 aliphatic carbocycles. The summed E-state index contributed by atoms with van der Waals surface area (Å²) < 4.78 is 5.44. The van der Waals surface area contributed by atoms with Crippen molar-refractivity contribution in [2.45, 2.75) is 64.9 Å². The Bertz CT molecular complexity index is 348. The maximum atomic E-state index is 11.6. The molecule has 3 unspecified atom stereocenters. The van der Waals surface area contributed by atoms with Gasteiger partial charge in [-0.2, -0.15) is 0 Å². The lowest BCUT2D eigenvalue weighted by atomic mass is 9.78. The van der Waals surface area contributed by atoms with Crippen LogP contribution in [0.5, 0.6) is 0 Å². The van der Waals surface area contributed by atoms with E-state index in [2.05, 4.69) is 13.8 Å². The van der Waals surface area contributed by atoms with E-state index >= 15 is 0 Å². The summed E-state index contributed by atoms with van der Waals surface area (Å²) in [6, 6.07) is 0. The second-order valence-electron chi connectivity index (χ2n) is 5.82. The predicted molar refractivity (Wildman–Crippen MR) is 77.3 cm³/mol. The van der Waals surface area contributed by atoms with Gasteiger partial charge in [0.2, 0.25) is 0 Å². The van der Waals surface area contributed by atoms with Gasteiger partial charge < -0.3 is 9.84 Å². The number of ether oxygens (including phenoxy) is 1. The van der Waals surface area contributed by atoms with Crippen LogP contribution in [0.2, 0.25) is 0 Å². The Kier molecular flexibility index (Phi) is 7.34. The fourth-order valence-corrected chi connectivity index (χ4v) is 2.91. The first-order chi connectivity index (χ1) is 9.52. The zero-order chi connectivity index (χ0) is 15.0. The Morgan fingerprint density at radius 1 is 1.25 bits per heavy atom. The summed E-state index contributed by atoms with van der Waals surface area (Å²) in [4.78, 5) is 22.0. The third-order valence-electron chi connectivity index (χ3n) is 3.98.